The van der Waals surface area contributed by atoms with Gasteiger partial charge in [-0.15, -0.1) is 0 Å². The lowest BCUT2D eigenvalue weighted by Gasteiger charge is -2.06. The summed E-state index contributed by atoms with van der Waals surface area (Å²) in [6.07, 6.45) is 4.81. The van der Waals surface area contributed by atoms with Crippen LogP contribution in [0.5, 0.6) is 0 Å². The molecule has 0 bridgehead atoms. The number of carbonyl (C=O) groups excluding carboxylic acids is 2. The molecule has 2 aromatic carbocycles. The van der Waals surface area contributed by atoms with Gasteiger partial charge in [0.15, 0.2) is 0 Å². The second kappa shape index (κ2) is 6.61. The van der Waals surface area contributed by atoms with Gasteiger partial charge < -0.3 is 4.57 Å². The lowest BCUT2D eigenvalue weighted by molar-refractivity contribution is -0.115. The van der Waals surface area contributed by atoms with Gasteiger partial charge in [-0.05, 0) is 52.9 Å². The van der Waals surface area contributed by atoms with Crippen molar-refractivity contribution in [3.05, 3.63) is 76.8 Å². The van der Waals surface area contributed by atoms with E-state index in [2.05, 4.69) is 52.5 Å². The molecule has 0 saturated carbocycles. The zero-order valence-corrected chi connectivity index (χ0v) is 14.3. The summed E-state index contributed by atoms with van der Waals surface area (Å²) in [5.41, 5.74) is 3.35. The highest BCUT2D eigenvalue weighted by atomic mass is 32.2. The molecule has 124 valence electrons. The molecule has 0 radical (unpaired) electrons. The molecule has 1 fully saturated rings. The van der Waals surface area contributed by atoms with Crippen LogP contribution in [0, 0.1) is 0 Å². The number of nitrogens with one attached hydrogen (secondary N) is 1. The highest BCUT2D eigenvalue weighted by Gasteiger charge is 2.24. The first-order chi connectivity index (χ1) is 12.2. The Hall–Kier alpha value is -2.79. The fourth-order valence-corrected chi connectivity index (χ4v) is 3.63. The van der Waals surface area contributed by atoms with Crippen LogP contribution in [0.2, 0.25) is 0 Å². The molecule has 3 aromatic rings. The van der Waals surface area contributed by atoms with Crippen molar-refractivity contribution >= 4 is 39.9 Å². The van der Waals surface area contributed by atoms with Crippen molar-refractivity contribution in [3.8, 4) is 0 Å². The van der Waals surface area contributed by atoms with Crippen molar-refractivity contribution in [1.82, 2.24) is 9.88 Å². The molecule has 1 aliphatic rings. The average molecular weight is 348 g/mol. The molecular weight excluding hydrogens is 332 g/mol. The molecule has 5 heteroatoms. The molecule has 1 aromatic heterocycles. The van der Waals surface area contributed by atoms with E-state index in [1.165, 1.54) is 5.56 Å². The van der Waals surface area contributed by atoms with E-state index in [1.807, 2.05) is 18.2 Å². The largest absolute Gasteiger partial charge is 0.347 e. The Bertz CT molecular complexity index is 989. The van der Waals surface area contributed by atoms with Crippen molar-refractivity contribution in [2.24, 2.45) is 0 Å². The van der Waals surface area contributed by atoms with Gasteiger partial charge in [-0.2, -0.15) is 0 Å². The van der Waals surface area contributed by atoms with E-state index < -0.39 is 0 Å². The van der Waals surface area contributed by atoms with Crippen LogP contribution in [0.15, 0.2) is 65.7 Å². The number of imide groups is 1. The summed E-state index contributed by atoms with van der Waals surface area (Å²) in [6, 6.07) is 18.6. The van der Waals surface area contributed by atoms with Crippen LogP contribution < -0.4 is 5.32 Å². The normalized spacial score (nSPS) is 15.9. The van der Waals surface area contributed by atoms with E-state index in [9.17, 15) is 9.59 Å². The van der Waals surface area contributed by atoms with Crippen molar-refractivity contribution in [1.29, 1.82) is 0 Å². The molecule has 0 aliphatic carbocycles. The van der Waals surface area contributed by atoms with E-state index in [-0.39, 0.29) is 11.1 Å². The number of hydrogen-bond donors (Lipinski definition) is 1. The topological polar surface area (TPSA) is 51.1 Å². The molecule has 0 spiro atoms. The smallest absolute Gasteiger partial charge is 0.290 e. The van der Waals surface area contributed by atoms with Gasteiger partial charge in [-0.1, -0.05) is 42.5 Å². The molecule has 0 unspecified atom stereocenters. The Morgan fingerprint density at radius 2 is 1.88 bits per heavy atom. The van der Waals surface area contributed by atoms with E-state index in [0.717, 1.165) is 41.2 Å². The fraction of sp³-hybridized carbons (Fsp3) is 0.100. The van der Waals surface area contributed by atoms with Crippen LogP contribution in [0.25, 0.3) is 17.0 Å². The summed E-state index contributed by atoms with van der Waals surface area (Å²) in [5, 5.41) is 3.13. The summed E-state index contributed by atoms with van der Waals surface area (Å²) in [4.78, 5) is 23.4. The van der Waals surface area contributed by atoms with Gasteiger partial charge in [0.05, 0.1) is 4.91 Å². The van der Waals surface area contributed by atoms with Gasteiger partial charge in [0, 0.05) is 18.3 Å². The number of rotatable bonds is 4. The number of nitrogens with zero attached hydrogens (tertiary/aromatic N) is 1. The summed E-state index contributed by atoms with van der Waals surface area (Å²) >= 11 is 0.942. The molecule has 0 atom stereocenters. The highest BCUT2D eigenvalue weighted by molar-refractivity contribution is 8.18. The third kappa shape index (κ3) is 3.37. The summed E-state index contributed by atoms with van der Waals surface area (Å²) in [7, 11) is 0. The standard InChI is InChI=1S/C20H16N2O2S/c23-19-18(25-20(24)21-19)13-15-6-7-16-9-11-22(17(16)12-15)10-8-14-4-2-1-3-5-14/h1-7,9,11-13H,8,10H2,(H,21,23,24). The Morgan fingerprint density at radius 1 is 1.04 bits per heavy atom. The molecule has 1 aliphatic heterocycles. The summed E-state index contributed by atoms with van der Waals surface area (Å²) in [5.74, 6) is -0.324. The van der Waals surface area contributed by atoms with Gasteiger partial charge in [0.1, 0.15) is 0 Å². The minimum absolute atomic E-state index is 0.316. The quantitative estimate of drug-likeness (QED) is 0.719. The number of aromatic nitrogens is 1. The van der Waals surface area contributed by atoms with Crippen LogP contribution in [-0.4, -0.2) is 15.7 Å². The maximum Gasteiger partial charge on any atom is 0.290 e. The van der Waals surface area contributed by atoms with Crippen molar-refractivity contribution in [3.63, 3.8) is 0 Å². The average Bonchev–Trinajstić information content (AvgIpc) is 3.16. The first-order valence-corrected chi connectivity index (χ1v) is 8.88. The molecular formula is C20H16N2O2S. The second-order valence-corrected chi connectivity index (χ2v) is 6.93. The lowest BCUT2D eigenvalue weighted by atomic mass is 10.1. The minimum atomic E-state index is -0.324. The monoisotopic (exact) mass is 348 g/mol. The molecule has 25 heavy (non-hydrogen) atoms. The predicted octanol–water partition coefficient (Wildman–Crippen LogP) is 4.21. The van der Waals surface area contributed by atoms with Crippen LogP contribution >= 0.6 is 11.8 Å². The first kappa shape index (κ1) is 15.7. The third-order valence-corrected chi connectivity index (χ3v) is 5.03. The molecule has 1 saturated heterocycles. The van der Waals surface area contributed by atoms with Crippen LogP contribution in [-0.2, 0) is 17.8 Å². The Morgan fingerprint density at radius 3 is 2.64 bits per heavy atom. The van der Waals surface area contributed by atoms with Crippen molar-refractivity contribution in [2.75, 3.05) is 0 Å². The minimum Gasteiger partial charge on any atom is -0.347 e. The number of benzene rings is 2. The SMILES string of the molecule is O=C1NC(=O)C(=Cc2ccc3ccn(CCc4ccccc4)c3c2)S1. The van der Waals surface area contributed by atoms with Gasteiger partial charge in [-0.25, -0.2) is 0 Å². The second-order valence-electron chi connectivity index (χ2n) is 5.92. The van der Waals surface area contributed by atoms with Gasteiger partial charge in [-0.3, -0.25) is 14.9 Å². The molecule has 2 heterocycles. The zero-order valence-electron chi connectivity index (χ0n) is 13.4. The number of thioether (sulfide) groups is 1. The predicted molar refractivity (Wildman–Crippen MR) is 101 cm³/mol. The Labute approximate surface area is 149 Å². The van der Waals surface area contributed by atoms with Gasteiger partial charge >= 0.3 is 0 Å². The Kier molecular flexibility index (Phi) is 4.15. The maximum absolute atomic E-state index is 11.7. The van der Waals surface area contributed by atoms with E-state index in [1.54, 1.807) is 6.08 Å². The third-order valence-electron chi connectivity index (χ3n) is 4.22. The summed E-state index contributed by atoms with van der Waals surface area (Å²) < 4.78 is 2.22. The number of amides is 2. The highest BCUT2D eigenvalue weighted by Crippen LogP contribution is 2.27. The van der Waals surface area contributed by atoms with Gasteiger partial charge in [0.25, 0.3) is 11.1 Å². The number of fused-ring (bicyclic) bond motifs is 1. The maximum atomic E-state index is 11.7. The molecule has 4 nitrogen and oxygen atoms in total. The van der Waals surface area contributed by atoms with E-state index >= 15 is 0 Å². The van der Waals surface area contributed by atoms with Crippen molar-refractivity contribution in [2.45, 2.75) is 13.0 Å². The molecule has 2 amide bonds. The molecule has 1 N–H and O–H groups in total. The Balaban J connectivity index is 1.60. The zero-order chi connectivity index (χ0) is 17.2. The first-order valence-electron chi connectivity index (χ1n) is 8.07. The van der Waals surface area contributed by atoms with E-state index in [0.29, 0.717) is 4.91 Å². The van der Waals surface area contributed by atoms with E-state index in [4.69, 9.17) is 0 Å². The van der Waals surface area contributed by atoms with Crippen molar-refractivity contribution < 1.29 is 9.59 Å². The molecule has 4 rings (SSSR count). The number of hydrogen-bond acceptors (Lipinski definition) is 3. The van der Waals surface area contributed by atoms with Crippen LogP contribution in [0.4, 0.5) is 4.79 Å². The van der Waals surface area contributed by atoms with Crippen LogP contribution in [0.1, 0.15) is 11.1 Å². The number of aryl methyl sites for hydroxylation is 2. The lowest BCUT2D eigenvalue weighted by Crippen LogP contribution is -2.17. The number of carbonyl (C=O) groups is 2. The fourth-order valence-electron chi connectivity index (χ4n) is 2.95. The van der Waals surface area contributed by atoms with Crippen LogP contribution in [0.3, 0.4) is 0 Å². The summed E-state index contributed by atoms with van der Waals surface area (Å²) in [6.45, 7) is 0.890. The van der Waals surface area contributed by atoms with Gasteiger partial charge in [0.2, 0.25) is 0 Å².